The van der Waals surface area contributed by atoms with E-state index in [1.165, 1.54) is 22.7 Å². The molecule has 0 bridgehead atoms. The third-order valence-electron chi connectivity index (χ3n) is 2.81. The van der Waals surface area contributed by atoms with Crippen molar-refractivity contribution in [1.29, 1.82) is 0 Å². The Bertz CT molecular complexity index is 496. The smallest absolute Gasteiger partial charge is 0.202 e. The molecule has 5 heteroatoms. The van der Waals surface area contributed by atoms with Crippen molar-refractivity contribution in [3.63, 3.8) is 0 Å². The van der Waals surface area contributed by atoms with E-state index in [9.17, 15) is 0 Å². The summed E-state index contributed by atoms with van der Waals surface area (Å²) in [6, 6.07) is 8.62. The number of hydrogen-bond acceptors (Lipinski definition) is 5. The Morgan fingerprint density at radius 2 is 2.00 bits per heavy atom. The lowest BCUT2D eigenvalue weighted by Crippen LogP contribution is -2.05. The van der Waals surface area contributed by atoms with Crippen LogP contribution in [0.3, 0.4) is 0 Å². The van der Waals surface area contributed by atoms with Gasteiger partial charge in [0.1, 0.15) is 5.82 Å². The molecule has 0 unspecified atom stereocenters. The molecule has 4 nitrogen and oxygen atoms in total. The van der Waals surface area contributed by atoms with Crippen molar-refractivity contribution in [3.05, 3.63) is 41.2 Å². The zero-order valence-electron chi connectivity index (χ0n) is 11.3. The molecule has 1 aromatic heterocycles. The second-order valence-corrected chi connectivity index (χ2v) is 5.17. The van der Waals surface area contributed by atoms with Crippen molar-refractivity contribution < 1.29 is 4.74 Å². The van der Waals surface area contributed by atoms with E-state index in [0.717, 1.165) is 30.3 Å². The number of nitrogens with zero attached hydrogens (tertiary/aromatic N) is 2. The van der Waals surface area contributed by atoms with Gasteiger partial charge in [-0.3, -0.25) is 0 Å². The SMILES string of the molecule is COCCc1nsc(NCCc2ccc(C)cc2)n1. The van der Waals surface area contributed by atoms with Gasteiger partial charge >= 0.3 is 0 Å². The van der Waals surface area contributed by atoms with E-state index >= 15 is 0 Å². The van der Waals surface area contributed by atoms with Gasteiger partial charge in [0.15, 0.2) is 0 Å². The van der Waals surface area contributed by atoms with Gasteiger partial charge in [0.2, 0.25) is 5.13 Å². The molecule has 0 atom stereocenters. The highest BCUT2D eigenvalue weighted by molar-refractivity contribution is 7.09. The van der Waals surface area contributed by atoms with Crippen LogP contribution in [-0.4, -0.2) is 29.6 Å². The van der Waals surface area contributed by atoms with Crippen molar-refractivity contribution in [2.24, 2.45) is 0 Å². The van der Waals surface area contributed by atoms with Crippen LogP contribution < -0.4 is 5.32 Å². The lowest BCUT2D eigenvalue weighted by Gasteiger charge is -2.03. The molecule has 102 valence electrons. The monoisotopic (exact) mass is 277 g/mol. The Balaban J connectivity index is 1.76. The summed E-state index contributed by atoms with van der Waals surface area (Å²) in [6.45, 7) is 3.65. The van der Waals surface area contributed by atoms with Crippen LogP contribution >= 0.6 is 11.5 Å². The second-order valence-electron chi connectivity index (χ2n) is 4.42. The molecule has 0 fully saturated rings. The highest BCUT2D eigenvalue weighted by Crippen LogP contribution is 2.12. The molecular formula is C14H19N3OS. The Kier molecular flexibility index (Phi) is 5.30. The van der Waals surface area contributed by atoms with Gasteiger partial charge < -0.3 is 10.1 Å². The van der Waals surface area contributed by atoms with E-state index in [0.29, 0.717) is 6.61 Å². The lowest BCUT2D eigenvalue weighted by atomic mass is 10.1. The van der Waals surface area contributed by atoms with E-state index in [1.807, 2.05) is 0 Å². The molecule has 0 aliphatic carbocycles. The van der Waals surface area contributed by atoms with Crippen LogP contribution in [0.2, 0.25) is 0 Å². The minimum absolute atomic E-state index is 0.666. The summed E-state index contributed by atoms with van der Waals surface area (Å²) in [4.78, 5) is 4.41. The van der Waals surface area contributed by atoms with Gasteiger partial charge in [0.25, 0.3) is 0 Å². The number of methoxy groups -OCH3 is 1. The topological polar surface area (TPSA) is 47.0 Å². The number of ether oxygens (including phenoxy) is 1. The third kappa shape index (κ3) is 4.61. The van der Waals surface area contributed by atoms with Crippen LogP contribution in [0.15, 0.2) is 24.3 Å². The molecule has 0 aliphatic rings. The van der Waals surface area contributed by atoms with Gasteiger partial charge in [-0.1, -0.05) is 29.8 Å². The van der Waals surface area contributed by atoms with E-state index < -0.39 is 0 Å². The molecule has 0 amide bonds. The molecule has 2 aromatic rings. The maximum Gasteiger partial charge on any atom is 0.202 e. The summed E-state index contributed by atoms with van der Waals surface area (Å²) in [5, 5.41) is 4.20. The van der Waals surface area contributed by atoms with Gasteiger partial charge in [0, 0.05) is 31.6 Å². The fourth-order valence-corrected chi connectivity index (χ4v) is 2.33. The Morgan fingerprint density at radius 3 is 2.74 bits per heavy atom. The molecular weight excluding hydrogens is 258 g/mol. The largest absolute Gasteiger partial charge is 0.384 e. The summed E-state index contributed by atoms with van der Waals surface area (Å²) >= 11 is 1.41. The van der Waals surface area contributed by atoms with Gasteiger partial charge in [-0.2, -0.15) is 4.37 Å². The summed E-state index contributed by atoms with van der Waals surface area (Å²) in [7, 11) is 1.69. The summed E-state index contributed by atoms with van der Waals surface area (Å²) < 4.78 is 9.29. The number of aryl methyl sites for hydroxylation is 1. The average Bonchev–Trinajstić information content (AvgIpc) is 2.87. The van der Waals surface area contributed by atoms with Gasteiger partial charge in [-0.15, -0.1) is 0 Å². The molecule has 0 spiro atoms. The predicted octanol–water partition coefficient (Wildman–Crippen LogP) is 2.69. The standard InChI is InChI=1S/C14H19N3OS/c1-11-3-5-12(6-4-11)7-9-15-14-16-13(17-19-14)8-10-18-2/h3-6H,7-10H2,1-2H3,(H,15,16,17). The lowest BCUT2D eigenvalue weighted by molar-refractivity contribution is 0.201. The molecule has 1 N–H and O–H groups in total. The zero-order chi connectivity index (χ0) is 13.5. The average molecular weight is 277 g/mol. The van der Waals surface area contributed by atoms with E-state index in [4.69, 9.17) is 4.74 Å². The van der Waals surface area contributed by atoms with E-state index in [-0.39, 0.29) is 0 Å². The van der Waals surface area contributed by atoms with Crippen molar-refractivity contribution in [1.82, 2.24) is 9.36 Å². The zero-order valence-corrected chi connectivity index (χ0v) is 12.2. The molecule has 0 saturated heterocycles. The van der Waals surface area contributed by atoms with Crippen LogP contribution in [0.5, 0.6) is 0 Å². The van der Waals surface area contributed by atoms with Crippen molar-refractivity contribution in [3.8, 4) is 0 Å². The van der Waals surface area contributed by atoms with Crippen LogP contribution in [0.25, 0.3) is 0 Å². The normalized spacial score (nSPS) is 10.6. The molecule has 0 aliphatic heterocycles. The van der Waals surface area contributed by atoms with Gasteiger partial charge in [0.05, 0.1) is 6.61 Å². The number of rotatable bonds is 7. The molecule has 0 saturated carbocycles. The number of aromatic nitrogens is 2. The Labute approximate surface area is 118 Å². The molecule has 2 rings (SSSR count). The predicted molar refractivity (Wildman–Crippen MR) is 78.9 cm³/mol. The maximum atomic E-state index is 5.01. The molecule has 19 heavy (non-hydrogen) atoms. The van der Waals surface area contributed by atoms with Crippen LogP contribution in [0.4, 0.5) is 5.13 Å². The Hall–Kier alpha value is -1.46. The third-order valence-corrected chi connectivity index (χ3v) is 3.52. The van der Waals surface area contributed by atoms with Crippen molar-refractivity contribution in [2.45, 2.75) is 19.8 Å². The first-order chi connectivity index (χ1) is 9.28. The van der Waals surface area contributed by atoms with Crippen LogP contribution in [0.1, 0.15) is 17.0 Å². The highest BCUT2D eigenvalue weighted by Gasteiger charge is 2.03. The van der Waals surface area contributed by atoms with E-state index in [2.05, 4.69) is 45.9 Å². The van der Waals surface area contributed by atoms with Gasteiger partial charge in [-0.05, 0) is 18.9 Å². The van der Waals surface area contributed by atoms with Crippen molar-refractivity contribution >= 4 is 16.7 Å². The minimum atomic E-state index is 0.666. The molecule has 1 aromatic carbocycles. The first-order valence-corrected chi connectivity index (χ1v) is 7.16. The molecule has 1 heterocycles. The number of benzene rings is 1. The van der Waals surface area contributed by atoms with Crippen LogP contribution in [0, 0.1) is 6.92 Å². The Morgan fingerprint density at radius 1 is 1.21 bits per heavy atom. The summed E-state index contributed by atoms with van der Waals surface area (Å²) in [5.74, 6) is 0.852. The van der Waals surface area contributed by atoms with E-state index in [1.54, 1.807) is 7.11 Å². The first kappa shape index (κ1) is 14.0. The first-order valence-electron chi connectivity index (χ1n) is 6.39. The number of hydrogen-bond donors (Lipinski definition) is 1. The van der Waals surface area contributed by atoms with Crippen LogP contribution in [-0.2, 0) is 17.6 Å². The minimum Gasteiger partial charge on any atom is -0.384 e. The quantitative estimate of drug-likeness (QED) is 0.845. The summed E-state index contributed by atoms with van der Waals surface area (Å²) in [6.07, 6.45) is 1.76. The fraction of sp³-hybridized carbons (Fsp3) is 0.429. The van der Waals surface area contributed by atoms with Gasteiger partial charge in [-0.25, -0.2) is 4.98 Å². The number of anilines is 1. The molecule has 0 radical (unpaired) electrons. The highest BCUT2D eigenvalue weighted by atomic mass is 32.1. The van der Waals surface area contributed by atoms with Crippen molar-refractivity contribution in [2.75, 3.05) is 25.6 Å². The summed E-state index contributed by atoms with van der Waals surface area (Å²) in [5.41, 5.74) is 2.63. The second kappa shape index (κ2) is 7.21. The maximum absolute atomic E-state index is 5.01. The fourth-order valence-electron chi connectivity index (χ4n) is 1.69. The number of nitrogens with one attached hydrogen (secondary N) is 1.